The number of epoxide rings is 1. The fourth-order valence-corrected chi connectivity index (χ4v) is 0.232. The number of hydrogen-bond acceptors (Lipinski definition) is 2. The lowest BCUT2D eigenvalue weighted by molar-refractivity contribution is -0.142. The van der Waals surface area contributed by atoms with E-state index in [0.29, 0.717) is 6.61 Å². The van der Waals surface area contributed by atoms with Crippen LogP contribution in [0.15, 0.2) is 13.2 Å². The summed E-state index contributed by atoms with van der Waals surface area (Å²) in [4.78, 5) is 9.96. The van der Waals surface area contributed by atoms with Crippen LogP contribution in [0.25, 0.3) is 0 Å². The van der Waals surface area contributed by atoms with Crippen molar-refractivity contribution in [2.75, 3.05) is 6.61 Å². The Morgan fingerprint density at radius 1 is 1.78 bits per heavy atom. The molecule has 1 aliphatic heterocycles. The van der Waals surface area contributed by atoms with Crippen LogP contribution in [0.3, 0.4) is 0 Å². The molecule has 0 radical (unpaired) electrons. The highest BCUT2D eigenvalue weighted by Gasteiger charge is 2.47. The molecule has 1 unspecified atom stereocenters. The molecule has 0 aromatic rings. The number of hydrogen-bond donors (Lipinski definition) is 1. The molecule has 0 aliphatic carbocycles. The molecule has 1 atom stereocenters. The molecule has 52 valence electrons. The SMILES string of the molecule is C=C.CC1(C(=O)O)CO1. The maximum absolute atomic E-state index is 9.96. The Hall–Kier alpha value is -0.830. The van der Waals surface area contributed by atoms with Crippen molar-refractivity contribution in [2.45, 2.75) is 12.5 Å². The van der Waals surface area contributed by atoms with E-state index in [9.17, 15) is 4.79 Å². The molecular weight excluding hydrogens is 120 g/mol. The molecule has 1 saturated heterocycles. The molecule has 1 heterocycles. The summed E-state index contributed by atoms with van der Waals surface area (Å²) in [6, 6.07) is 0. The summed E-state index contributed by atoms with van der Waals surface area (Å²) in [7, 11) is 0. The van der Waals surface area contributed by atoms with Gasteiger partial charge in [0.05, 0.1) is 6.61 Å². The lowest BCUT2D eigenvalue weighted by Gasteiger charge is -1.90. The zero-order valence-electron chi connectivity index (χ0n) is 5.39. The zero-order valence-corrected chi connectivity index (χ0v) is 5.39. The lowest BCUT2D eigenvalue weighted by atomic mass is 10.2. The van der Waals surface area contributed by atoms with Gasteiger partial charge in [-0.05, 0) is 6.92 Å². The Kier molecular flexibility index (Phi) is 2.40. The van der Waals surface area contributed by atoms with Gasteiger partial charge in [0.15, 0.2) is 5.60 Å². The number of carboxylic acids is 1. The minimum atomic E-state index is -0.868. The first-order valence-electron chi connectivity index (χ1n) is 2.52. The topological polar surface area (TPSA) is 49.8 Å². The van der Waals surface area contributed by atoms with Crippen LogP contribution in [-0.2, 0) is 9.53 Å². The second-order valence-electron chi connectivity index (χ2n) is 1.82. The normalized spacial score (nSPS) is 29.9. The largest absolute Gasteiger partial charge is 0.479 e. The Labute approximate surface area is 53.9 Å². The van der Waals surface area contributed by atoms with E-state index in [2.05, 4.69) is 17.9 Å². The first kappa shape index (κ1) is 8.17. The Bertz CT molecular complexity index is 115. The van der Waals surface area contributed by atoms with Crippen LogP contribution >= 0.6 is 0 Å². The second kappa shape index (κ2) is 2.64. The van der Waals surface area contributed by atoms with Crippen molar-refractivity contribution in [1.82, 2.24) is 0 Å². The van der Waals surface area contributed by atoms with Crippen molar-refractivity contribution in [3.05, 3.63) is 13.2 Å². The predicted octanol–water partition coefficient (Wildman–Crippen LogP) is 0.662. The lowest BCUT2D eigenvalue weighted by Crippen LogP contribution is -2.18. The molecule has 9 heavy (non-hydrogen) atoms. The third-order valence-electron chi connectivity index (χ3n) is 1.03. The molecule has 3 nitrogen and oxygen atoms in total. The summed E-state index contributed by atoms with van der Waals surface area (Å²) >= 11 is 0. The van der Waals surface area contributed by atoms with Gasteiger partial charge in [-0.3, -0.25) is 0 Å². The van der Waals surface area contributed by atoms with Crippen LogP contribution < -0.4 is 0 Å². The summed E-state index contributed by atoms with van der Waals surface area (Å²) in [5.74, 6) is -0.868. The third kappa shape index (κ3) is 1.85. The van der Waals surface area contributed by atoms with E-state index >= 15 is 0 Å². The summed E-state index contributed by atoms with van der Waals surface area (Å²) in [6.07, 6.45) is 0. The van der Waals surface area contributed by atoms with Crippen molar-refractivity contribution in [2.24, 2.45) is 0 Å². The van der Waals surface area contributed by atoms with Crippen LogP contribution in [-0.4, -0.2) is 23.3 Å². The van der Waals surface area contributed by atoms with E-state index in [0.717, 1.165) is 0 Å². The molecule has 3 heteroatoms. The highest BCUT2D eigenvalue weighted by molar-refractivity contribution is 5.79. The summed E-state index contributed by atoms with van der Waals surface area (Å²) < 4.78 is 4.56. The van der Waals surface area contributed by atoms with Crippen molar-refractivity contribution >= 4 is 5.97 Å². The van der Waals surface area contributed by atoms with Crippen molar-refractivity contribution in [3.8, 4) is 0 Å². The number of rotatable bonds is 1. The van der Waals surface area contributed by atoms with Crippen LogP contribution in [0.5, 0.6) is 0 Å². The fourth-order valence-electron chi connectivity index (χ4n) is 0.232. The average molecular weight is 130 g/mol. The van der Waals surface area contributed by atoms with Gasteiger partial charge in [-0.25, -0.2) is 4.79 Å². The molecule has 1 rings (SSSR count). The molecule has 0 spiro atoms. The Balaban J connectivity index is 0.000000291. The van der Waals surface area contributed by atoms with Gasteiger partial charge in [0.1, 0.15) is 0 Å². The van der Waals surface area contributed by atoms with Crippen LogP contribution in [0.2, 0.25) is 0 Å². The first-order valence-corrected chi connectivity index (χ1v) is 2.52. The summed E-state index contributed by atoms with van der Waals surface area (Å²) in [5.41, 5.74) is -0.833. The predicted molar refractivity (Wildman–Crippen MR) is 33.2 cm³/mol. The molecule has 0 aromatic carbocycles. The van der Waals surface area contributed by atoms with Gasteiger partial charge >= 0.3 is 5.97 Å². The smallest absolute Gasteiger partial charge is 0.338 e. The van der Waals surface area contributed by atoms with E-state index in [4.69, 9.17) is 5.11 Å². The molecular formula is C6H10O3. The minimum absolute atomic E-state index is 0.363. The Morgan fingerprint density at radius 3 is 2.11 bits per heavy atom. The second-order valence-corrected chi connectivity index (χ2v) is 1.82. The van der Waals surface area contributed by atoms with E-state index in [1.165, 1.54) is 0 Å². The molecule has 0 bridgehead atoms. The maximum Gasteiger partial charge on any atom is 0.338 e. The quantitative estimate of drug-likeness (QED) is 0.419. The monoisotopic (exact) mass is 130 g/mol. The standard InChI is InChI=1S/C4H6O3.C2H4/c1-4(2-7-4)3(5)6;1-2/h2H2,1H3,(H,5,6);1-2H2. The Morgan fingerprint density at radius 2 is 2.11 bits per heavy atom. The average Bonchev–Trinajstić information content (AvgIpc) is 2.55. The number of carbonyl (C=O) groups is 1. The van der Waals surface area contributed by atoms with Gasteiger partial charge in [-0.1, -0.05) is 0 Å². The van der Waals surface area contributed by atoms with Crippen LogP contribution in [0.1, 0.15) is 6.92 Å². The van der Waals surface area contributed by atoms with Gasteiger partial charge in [-0.2, -0.15) is 0 Å². The van der Waals surface area contributed by atoms with E-state index in [1.54, 1.807) is 6.92 Å². The number of carboxylic acid groups (broad SMARTS) is 1. The molecule has 1 fully saturated rings. The minimum Gasteiger partial charge on any atom is -0.479 e. The molecule has 0 aromatic heterocycles. The van der Waals surface area contributed by atoms with Crippen molar-refractivity contribution < 1.29 is 14.6 Å². The van der Waals surface area contributed by atoms with Gasteiger partial charge in [0.2, 0.25) is 0 Å². The molecule has 1 aliphatic rings. The molecule has 1 N–H and O–H groups in total. The van der Waals surface area contributed by atoms with E-state index in [-0.39, 0.29) is 0 Å². The van der Waals surface area contributed by atoms with Gasteiger partial charge in [0, 0.05) is 0 Å². The van der Waals surface area contributed by atoms with Crippen LogP contribution in [0, 0.1) is 0 Å². The van der Waals surface area contributed by atoms with E-state index in [1.807, 2.05) is 0 Å². The third-order valence-corrected chi connectivity index (χ3v) is 1.03. The highest BCUT2D eigenvalue weighted by Crippen LogP contribution is 2.25. The maximum atomic E-state index is 9.96. The van der Waals surface area contributed by atoms with Gasteiger partial charge in [0.25, 0.3) is 0 Å². The van der Waals surface area contributed by atoms with Crippen molar-refractivity contribution in [3.63, 3.8) is 0 Å². The number of aliphatic carboxylic acids is 1. The molecule has 0 amide bonds. The highest BCUT2D eigenvalue weighted by atomic mass is 16.6. The van der Waals surface area contributed by atoms with Gasteiger partial charge in [-0.15, -0.1) is 13.2 Å². The number of ether oxygens (including phenoxy) is 1. The van der Waals surface area contributed by atoms with Gasteiger partial charge < -0.3 is 9.84 Å². The first-order chi connectivity index (χ1) is 4.15. The molecule has 0 saturated carbocycles. The summed E-state index contributed by atoms with van der Waals surface area (Å²) in [5, 5.41) is 8.19. The zero-order chi connectivity index (χ0) is 7.49. The summed E-state index contributed by atoms with van der Waals surface area (Å²) in [6.45, 7) is 7.91. The fraction of sp³-hybridized carbons (Fsp3) is 0.500. The van der Waals surface area contributed by atoms with Crippen LogP contribution in [0.4, 0.5) is 0 Å². The van der Waals surface area contributed by atoms with Crippen molar-refractivity contribution in [1.29, 1.82) is 0 Å². The van der Waals surface area contributed by atoms with E-state index < -0.39 is 11.6 Å².